The number of halogens is 1. The van der Waals surface area contributed by atoms with Crippen molar-refractivity contribution in [2.24, 2.45) is 5.73 Å². The van der Waals surface area contributed by atoms with Crippen LogP contribution in [0.1, 0.15) is 23.7 Å². The van der Waals surface area contributed by atoms with E-state index in [1.807, 2.05) is 41.5 Å². The molecule has 1 atom stereocenters. The van der Waals surface area contributed by atoms with Gasteiger partial charge >= 0.3 is 0 Å². The smallest absolute Gasteiger partial charge is 0.240 e. The number of hydrogen-bond donors (Lipinski definition) is 1. The molecular weight excluding hydrogens is 280 g/mol. The first-order valence-electron chi connectivity index (χ1n) is 6.34. The van der Waals surface area contributed by atoms with Crippen LogP contribution in [-0.2, 0) is 4.79 Å². The van der Waals surface area contributed by atoms with Crippen molar-refractivity contribution in [1.29, 1.82) is 0 Å². The first-order chi connectivity index (χ1) is 8.72. The Kier molecular flexibility index (Phi) is 6.69. The van der Waals surface area contributed by atoms with E-state index in [0.29, 0.717) is 0 Å². The molecule has 1 aliphatic heterocycles. The lowest BCUT2D eigenvalue weighted by Gasteiger charge is -2.32. The molecule has 2 N–H and O–H groups in total. The Bertz CT molecular complexity index is 394. The van der Waals surface area contributed by atoms with Gasteiger partial charge in [-0.15, -0.1) is 24.2 Å². The van der Waals surface area contributed by atoms with E-state index in [-0.39, 0.29) is 29.6 Å². The molecular formula is C14H21ClN2OS. The Balaban J connectivity index is 0.00000180. The second-order valence-corrected chi connectivity index (χ2v) is 5.63. The summed E-state index contributed by atoms with van der Waals surface area (Å²) in [6.45, 7) is 1.59. The van der Waals surface area contributed by atoms with Crippen molar-refractivity contribution < 1.29 is 4.79 Å². The molecule has 0 radical (unpaired) electrons. The van der Waals surface area contributed by atoms with Crippen LogP contribution in [-0.4, -0.2) is 36.2 Å². The van der Waals surface area contributed by atoms with E-state index in [2.05, 4.69) is 0 Å². The maximum absolute atomic E-state index is 12.5. The average molecular weight is 301 g/mol. The first kappa shape index (κ1) is 16.3. The zero-order chi connectivity index (χ0) is 13.0. The monoisotopic (exact) mass is 300 g/mol. The van der Waals surface area contributed by atoms with E-state index in [0.717, 1.165) is 31.5 Å². The van der Waals surface area contributed by atoms with E-state index in [4.69, 9.17) is 5.73 Å². The fourth-order valence-corrected chi connectivity index (χ4v) is 3.07. The summed E-state index contributed by atoms with van der Waals surface area (Å²) >= 11 is 1.60. The highest BCUT2D eigenvalue weighted by atomic mass is 35.5. The van der Waals surface area contributed by atoms with Crippen LogP contribution in [0, 0.1) is 0 Å². The van der Waals surface area contributed by atoms with E-state index < -0.39 is 0 Å². The number of benzene rings is 1. The quantitative estimate of drug-likeness (QED) is 0.933. The molecule has 1 saturated heterocycles. The maximum atomic E-state index is 12.5. The van der Waals surface area contributed by atoms with Crippen molar-refractivity contribution in [3.63, 3.8) is 0 Å². The minimum atomic E-state index is -0.0828. The van der Waals surface area contributed by atoms with Gasteiger partial charge in [0.1, 0.15) is 5.25 Å². The van der Waals surface area contributed by atoms with Crippen molar-refractivity contribution in [2.75, 3.05) is 19.3 Å². The lowest BCUT2D eigenvalue weighted by Crippen LogP contribution is -2.44. The second kappa shape index (κ2) is 7.78. The molecule has 2 rings (SSSR count). The van der Waals surface area contributed by atoms with Gasteiger partial charge < -0.3 is 10.6 Å². The molecule has 0 aromatic heterocycles. The van der Waals surface area contributed by atoms with Crippen LogP contribution in [0.25, 0.3) is 0 Å². The van der Waals surface area contributed by atoms with Gasteiger partial charge in [0.2, 0.25) is 5.91 Å². The summed E-state index contributed by atoms with van der Waals surface area (Å²) in [7, 11) is 0. The standard InChI is InChI=1S/C14H20N2OS.ClH/c1-18-13(11-5-3-2-4-6-11)14(17)16-9-7-12(15)8-10-16;/h2-6,12-13H,7-10,15H2,1H3;1H. The van der Waals surface area contributed by atoms with Gasteiger partial charge in [-0.25, -0.2) is 0 Å². The Morgan fingerprint density at radius 2 is 1.89 bits per heavy atom. The van der Waals surface area contributed by atoms with Gasteiger partial charge in [0.25, 0.3) is 0 Å². The molecule has 1 amide bonds. The molecule has 106 valence electrons. The van der Waals surface area contributed by atoms with Crippen LogP contribution in [0.2, 0.25) is 0 Å². The zero-order valence-corrected chi connectivity index (χ0v) is 12.8. The lowest BCUT2D eigenvalue weighted by atomic mass is 10.0. The number of carbonyl (C=O) groups is 1. The molecule has 1 heterocycles. The van der Waals surface area contributed by atoms with Crippen molar-refractivity contribution in [3.05, 3.63) is 35.9 Å². The fourth-order valence-electron chi connectivity index (χ4n) is 2.29. The molecule has 1 unspecified atom stereocenters. The zero-order valence-electron chi connectivity index (χ0n) is 11.1. The molecule has 0 bridgehead atoms. The molecule has 1 aromatic carbocycles. The van der Waals surface area contributed by atoms with Crippen LogP contribution in [0.3, 0.4) is 0 Å². The molecule has 3 nitrogen and oxygen atoms in total. The van der Waals surface area contributed by atoms with Crippen LogP contribution < -0.4 is 5.73 Å². The summed E-state index contributed by atoms with van der Waals surface area (Å²) in [5.41, 5.74) is 6.96. The molecule has 1 aromatic rings. The van der Waals surface area contributed by atoms with Crippen molar-refractivity contribution in [1.82, 2.24) is 4.90 Å². The summed E-state index contributed by atoms with van der Waals surface area (Å²) in [6, 6.07) is 10.3. The fraction of sp³-hybridized carbons (Fsp3) is 0.500. The minimum absolute atomic E-state index is 0. The molecule has 0 saturated carbocycles. The van der Waals surface area contributed by atoms with E-state index >= 15 is 0 Å². The number of piperidine rings is 1. The van der Waals surface area contributed by atoms with E-state index in [1.54, 1.807) is 11.8 Å². The SMILES string of the molecule is CSC(C(=O)N1CCC(N)CC1)c1ccccc1.Cl. The van der Waals surface area contributed by atoms with E-state index in [1.165, 1.54) is 0 Å². The number of likely N-dealkylation sites (tertiary alicyclic amines) is 1. The van der Waals surface area contributed by atoms with E-state index in [9.17, 15) is 4.79 Å². The van der Waals surface area contributed by atoms with Crippen molar-refractivity contribution in [2.45, 2.75) is 24.1 Å². The van der Waals surface area contributed by atoms with Crippen molar-refractivity contribution >= 4 is 30.1 Å². The highest BCUT2D eigenvalue weighted by molar-refractivity contribution is 7.99. The summed E-state index contributed by atoms with van der Waals surface area (Å²) in [5.74, 6) is 0.223. The molecule has 1 fully saturated rings. The van der Waals surface area contributed by atoms with Gasteiger partial charge in [0.05, 0.1) is 0 Å². The highest BCUT2D eigenvalue weighted by Gasteiger charge is 2.27. The topological polar surface area (TPSA) is 46.3 Å². The third kappa shape index (κ3) is 4.13. The highest BCUT2D eigenvalue weighted by Crippen LogP contribution is 2.29. The van der Waals surface area contributed by atoms with Crippen LogP contribution >= 0.6 is 24.2 Å². The number of amides is 1. The minimum Gasteiger partial charge on any atom is -0.341 e. The normalized spacial score (nSPS) is 17.7. The summed E-state index contributed by atoms with van der Waals surface area (Å²) in [5, 5.41) is -0.0828. The average Bonchev–Trinajstić information content (AvgIpc) is 2.41. The van der Waals surface area contributed by atoms with Crippen LogP contribution in [0.4, 0.5) is 0 Å². The third-order valence-corrected chi connectivity index (χ3v) is 4.36. The molecule has 0 spiro atoms. The van der Waals surface area contributed by atoms with Crippen LogP contribution in [0.15, 0.2) is 30.3 Å². The number of rotatable bonds is 3. The third-order valence-electron chi connectivity index (χ3n) is 3.41. The van der Waals surface area contributed by atoms with Gasteiger partial charge in [-0.05, 0) is 24.7 Å². The predicted molar refractivity (Wildman–Crippen MR) is 83.7 cm³/mol. The maximum Gasteiger partial charge on any atom is 0.240 e. The van der Waals surface area contributed by atoms with Gasteiger partial charge in [0, 0.05) is 19.1 Å². The van der Waals surface area contributed by atoms with Crippen LogP contribution in [0.5, 0.6) is 0 Å². The Labute approximate surface area is 125 Å². The Hall–Kier alpha value is -0.710. The first-order valence-corrected chi connectivity index (χ1v) is 7.63. The number of thioether (sulfide) groups is 1. The number of nitrogens with zero attached hydrogens (tertiary/aromatic N) is 1. The molecule has 0 aliphatic carbocycles. The van der Waals surface area contributed by atoms with Gasteiger partial charge in [0.15, 0.2) is 0 Å². The summed E-state index contributed by atoms with van der Waals surface area (Å²) in [6.07, 6.45) is 3.83. The molecule has 5 heteroatoms. The van der Waals surface area contributed by atoms with Gasteiger partial charge in [-0.3, -0.25) is 4.79 Å². The second-order valence-electron chi connectivity index (χ2n) is 4.69. The Morgan fingerprint density at radius 3 is 2.42 bits per heavy atom. The van der Waals surface area contributed by atoms with Crippen molar-refractivity contribution in [3.8, 4) is 0 Å². The number of nitrogens with two attached hydrogens (primary N) is 1. The molecule has 1 aliphatic rings. The largest absolute Gasteiger partial charge is 0.341 e. The predicted octanol–water partition coefficient (Wildman–Crippen LogP) is 2.46. The van der Waals surface area contributed by atoms with Gasteiger partial charge in [-0.2, -0.15) is 0 Å². The number of hydrogen-bond acceptors (Lipinski definition) is 3. The summed E-state index contributed by atoms with van der Waals surface area (Å²) in [4.78, 5) is 14.5. The summed E-state index contributed by atoms with van der Waals surface area (Å²) < 4.78 is 0. The van der Waals surface area contributed by atoms with Gasteiger partial charge in [-0.1, -0.05) is 30.3 Å². The Morgan fingerprint density at radius 1 is 1.32 bits per heavy atom. The molecule has 19 heavy (non-hydrogen) atoms. The number of carbonyl (C=O) groups excluding carboxylic acids is 1. The lowest BCUT2D eigenvalue weighted by molar-refractivity contribution is -0.131.